The SMILES string of the molecule is CCN(CC)C(=O)CC(c1ccc(OC)cc1)C(C)C. The monoisotopic (exact) mass is 277 g/mol. The Balaban J connectivity index is 2.85. The molecule has 1 aromatic rings. The molecule has 0 aliphatic carbocycles. The molecule has 0 aromatic heterocycles. The molecule has 0 bridgehead atoms. The summed E-state index contributed by atoms with van der Waals surface area (Å²) in [6, 6.07) is 8.07. The van der Waals surface area contributed by atoms with Crippen LogP contribution in [0.25, 0.3) is 0 Å². The molecule has 0 saturated carbocycles. The van der Waals surface area contributed by atoms with Gasteiger partial charge in [0.1, 0.15) is 5.75 Å². The van der Waals surface area contributed by atoms with Gasteiger partial charge in [-0.15, -0.1) is 0 Å². The fourth-order valence-electron chi connectivity index (χ4n) is 2.48. The van der Waals surface area contributed by atoms with Crippen molar-refractivity contribution in [1.82, 2.24) is 4.90 Å². The lowest BCUT2D eigenvalue weighted by Gasteiger charge is -2.25. The molecular formula is C17H27NO2. The Morgan fingerprint density at radius 2 is 1.70 bits per heavy atom. The smallest absolute Gasteiger partial charge is 0.223 e. The van der Waals surface area contributed by atoms with Crippen LogP contribution in [-0.2, 0) is 4.79 Å². The first-order chi connectivity index (χ1) is 9.53. The summed E-state index contributed by atoms with van der Waals surface area (Å²) in [5, 5.41) is 0. The number of methoxy groups -OCH3 is 1. The van der Waals surface area contributed by atoms with Crippen molar-refractivity contribution < 1.29 is 9.53 Å². The van der Waals surface area contributed by atoms with E-state index in [9.17, 15) is 4.79 Å². The molecule has 3 heteroatoms. The van der Waals surface area contributed by atoms with E-state index in [0.717, 1.165) is 18.8 Å². The minimum atomic E-state index is 0.240. The Bertz CT molecular complexity index is 408. The minimum Gasteiger partial charge on any atom is -0.497 e. The summed E-state index contributed by atoms with van der Waals surface area (Å²) in [4.78, 5) is 14.2. The highest BCUT2D eigenvalue weighted by Gasteiger charge is 2.21. The summed E-state index contributed by atoms with van der Waals surface area (Å²) >= 11 is 0. The largest absolute Gasteiger partial charge is 0.497 e. The predicted molar refractivity (Wildman–Crippen MR) is 83.1 cm³/mol. The second-order valence-corrected chi connectivity index (χ2v) is 5.39. The van der Waals surface area contributed by atoms with Crippen molar-refractivity contribution in [3.63, 3.8) is 0 Å². The van der Waals surface area contributed by atoms with Crippen molar-refractivity contribution in [2.45, 2.75) is 40.0 Å². The first-order valence-corrected chi connectivity index (χ1v) is 7.45. The molecule has 0 N–H and O–H groups in total. The molecule has 20 heavy (non-hydrogen) atoms. The van der Waals surface area contributed by atoms with E-state index in [1.54, 1.807) is 7.11 Å². The third kappa shape index (κ3) is 4.26. The topological polar surface area (TPSA) is 29.5 Å². The molecule has 0 fully saturated rings. The average molecular weight is 277 g/mol. The van der Waals surface area contributed by atoms with E-state index in [2.05, 4.69) is 26.0 Å². The van der Waals surface area contributed by atoms with Crippen molar-refractivity contribution in [3.8, 4) is 5.75 Å². The van der Waals surface area contributed by atoms with Crippen molar-refractivity contribution >= 4 is 5.91 Å². The number of carbonyl (C=O) groups is 1. The van der Waals surface area contributed by atoms with Gasteiger partial charge in [-0.25, -0.2) is 0 Å². The molecule has 1 unspecified atom stereocenters. The van der Waals surface area contributed by atoms with E-state index in [0.29, 0.717) is 12.3 Å². The number of amides is 1. The zero-order valence-corrected chi connectivity index (χ0v) is 13.3. The van der Waals surface area contributed by atoms with Crippen LogP contribution in [0.2, 0.25) is 0 Å². The predicted octanol–water partition coefficient (Wildman–Crippen LogP) is 3.69. The van der Waals surface area contributed by atoms with Gasteiger partial charge in [-0.05, 0) is 43.4 Å². The first-order valence-electron chi connectivity index (χ1n) is 7.45. The van der Waals surface area contributed by atoms with E-state index in [-0.39, 0.29) is 11.8 Å². The van der Waals surface area contributed by atoms with Gasteiger partial charge < -0.3 is 9.64 Å². The lowest BCUT2D eigenvalue weighted by molar-refractivity contribution is -0.131. The standard InChI is InChI=1S/C17H27NO2/c1-6-18(7-2)17(19)12-16(13(3)4)14-8-10-15(20-5)11-9-14/h8-11,13,16H,6-7,12H2,1-5H3. The van der Waals surface area contributed by atoms with Crippen molar-refractivity contribution in [2.24, 2.45) is 5.92 Å². The molecule has 0 heterocycles. The Kier molecular flexibility index (Phi) is 6.56. The molecular weight excluding hydrogens is 250 g/mol. The van der Waals surface area contributed by atoms with Crippen LogP contribution in [0, 0.1) is 5.92 Å². The highest BCUT2D eigenvalue weighted by Crippen LogP contribution is 2.29. The molecule has 0 radical (unpaired) electrons. The van der Waals surface area contributed by atoms with Crippen LogP contribution in [0.1, 0.15) is 45.6 Å². The Labute approximate surface area is 122 Å². The maximum Gasteiger partial charge on any atom is 0.223 e. The summed E-state index contributed by atoms with van der Waals surface area (Å²) in [5.74, 6) is 1.78. The average Bonchev–Trinajstić information content (AvgIpc) is 2.46. The van der Waals surface area contributed by atoms with Gasteiger partial charge in [0.25, 0.3) is 0 Å². The molecule has 112 valence electrons. The van der Waals surface area contributed by atoms with E-state index in [4.69, 9.17) is 4.74 Å². The summed E-state index contributed by atoms with van der Waals surface area (Å²) < 4.78 is 5.19. The number of benzene rings is 1. The van der Waals surface area contributed by atoms with Gasteiger partial charge in [0.05, 0.1) is 7.11 Å². The maximum atomic E-state index is 12.3. The first kappa shape index (κ1) is 16.5. The van der Waals surface area contributed by atoms with E-state index in [1.807, 2.05) is 30.9 Å². The summed E-state index contributed by atoms with van der Waals surface area (Å²) in [7, 11) is 1.67. The molecule has 1 aromatic carbocycles. The van der Waals surface area contributed by atoms with Crippen molar-refractivity contribution in [2.75, 3.05) is 20.2 Å². The van der Waals surface area contributed by atoms with Crippen LogP contribution < -0.4 is 4.74 Å². The van der Waals surface area contributed by atoms with Crippen LogP contribution in [0.15, 0.2) is 24.3 Å². The number of ether oxygens (including phenoxy) is 1. The van der Waals surface area contributed by atoms with Gasteiger partial charge in [-0.2, -0.15) is 0 Å². The Hall–Kier alpha value is -1.51. The summed E-state index contributed by atoms with van der Waals surface area (Å²) in [5.41, 5.74) is 1.21. The van der Waals surface area contributed by atoms with Crippen LogP contribution in [-0.4, -0.2) is 31.0 Å². The van der Waals surface area contributed by atoms with Crippen LogP contribution in [0.5, 0.6) is 5.75 Å². The van der Waals surface area contributed by atoms with Gasteiger partial charge in [0.15, 0.2) is 0 Å². The molecule has 0 spiro atoms. The minimum absolute atomic E-state index is 0.240. The zero-order valence-electron chi connectivity index (χ0n) is 13.3. The zero-order chi connectivity index (χ0) is 15.1. The molecule has 0 aliphatic heterocycles. The number of nitrogens with zero attached hydrogens (tertiary/aromatic N) is 1. The Morgan fingerprint density at radius 1 is 1.15 bits per heavy atom. The molecule has 1 rings (SSSR count). The maximum absolute atomic E-state index is 12.3. The highest BCUT2D eigenvalue weighted by atomic mass is 16.5. The molecule has 1 amide bonds. The third-order valence-corrected chi connectivity index (χ3v) is 3.86. The number of hydrogen-bond acceptors (Lipinski definition) is 2. The molecule has 0 saturated heterocycles. The summed E-state index contributed by atoms with van der Waals surface area (Å²) in [6.07, 6.45) is 0.575. The van der Waals surface area contributed by atoms with Crippen LogP contribution >= 0.6 is 0 Å². The summed E-state index contributed by atoms with van der Waals surface area (Å²) in [6.45, 7) is 9.96. The molecule has 1 atom stereocenters. The number of rotatable bonds is 7. The van der Waals surface area contributed by atoms with Gasteiger partial charge in [0, 0.05) is 19.5 Å². The molecule has 3 nitrogen and oxygen atoms in total. The highest BCUT2D eigenvalue weighted by molar-refractivity contribution is 5.77. The fraction of sp³-hybridized carbons (Fsp3) is 0.588. The van der Waals surface area contributed by atoms with E-state index in [1.165, 1.54) is 5.56 Å². The van der Waals surface area contributed by atoms with Gasteiger partial charge in [-0.1, -0.05) is 26.0 Å². The Morgan fingerprint density at radius 3 is 2.10 bits per heavy atom. The lowest BCUT2D eigenvalue weighted by Crippen LogP contribution is -2.32. The van der Waals surface area contributed by atoms with Crippen LogP contribution in [0.4, 0.5) is 0 Å². The lowest BCUT2D eigenvalue weighted by atomic mass is 9.85. The molecule has 0 aliphatic rings. The fourth-order valence-corrected chi connectivity index (χ4v) is 2.48. The van der Waals surface area contributed by atoms with Crippen molar-refractivity contribution in [3.05, 3.63) is 29.8 Å². The van der Waals surface area contributed by atoms with Gasteiger partial charge in [-0.3, -0.25) is 4.79 Å². The number of carbonyl (C=O) groups excluding carboxylic acids is 1. The number of hydrogen-bond donors (Lipinski definition) is 0. The second-order valence-electron chi connectivity index (χ2n) is 5.39. The second kappa shape index (κ2) is 7.93. The van der Waals surface area contributed by atoms with Crippen molar-refractivity contribution in [1.29, 1.82) is 0 Å². The van der Waals surface area contributed by atoms with E-state index < -0.39 is 0 Å². The van der Waals surface area contributed by atoms with Gasteiger partial charge >= 0.3 is 0 Å². The van der Waals surface area contributed by atoms with Crippen LogP contribution in [0.3, 0.4) is 0 Å². The normalized spacial score (nSPS) is 12.3. The van der Waals surface area contributed by atoms with Gasteiger partial charge in [0.2, 0.25) is 5.91 Å². The van der Waals surface area contributed by atoms with E-state index >= 15 is 0 Å². The quantitative estimate of drug-likeness (QED) is 0.760. The third-order valence-electron chi connectivity index (χ3n) is 3.86.